The van der Waals surface area contributed by atoms with Crippen molar-refractivity contribution in [1.82, 2.24) is 9.88 Å². The summed E-state index contributed by atoms with van der Waals surface area (Å²) in [6.45, 7) is 2.26. The number of methoxy groups -OCH3 is 1. The maximum absolute atomic E-state index is 11.9. The second-order valence-corrected chi connectivity index (χ2v) is 5.01. The van der Waals surface area contributed by atoms with Crippen LogP contribution in [0, 0.1) is 0 Å². The van der Waals surface area contributed by atoms with Crippen molar-refractivity contribution in [2.45, 2.75) is 18.9 Å². The molecule has 0 aliphatic heterocycles. The molecule has 18 heavy (non-hydrogen) atoms. The van der Waals surface area contributed by atoms with Gasteiger partial charge in [-0.1, -0.05) is 11.6 Å². The van der Waals surface area contributed by atoms with Crippen LogP contribution in [-0.2, 0) is 11.8 Å². The fourth-order valence-electron chi connectivity index (χ4n) is 1.52. The van der Waals surface area contributed by atoms with Gasteiger partial charge in [-0.15, -0.1) is 0 Å². The predicted octanol–water partition coefficient (Wildman–Crippen LogP) is 1.20. The molecule has 1 aromatic heterocycles. The van der Waals surface area contributed by atoms with E-state index in [-0.39, 0.29) is 12.5 Å². The van der Waals surface area contributed by atoms with E-state index in [1.54, 1.807) is 37.9 Å². The summed E-state index contributed by atoms with van der Waals surface area (Å²) in [5.74, 6) is -0.262. The van der Waals surface area contributed by atoms with Gasteiger partial charge in [0.25, 0.3) is 5.91 Å². The molecule has 0 spiro atoms. The largest absolute Gasteiger partial charge is 0.388 e. The average Bonchev–Trinajstić information content (AvgIpc) is 2.63. The fraction of sp³-hybridized carbons (Fsp3) is 0.583. The van der Waals surface area contributed by atoms with Gasteiger partial charge in [0.05, 0.1) is 10.6 Å². The van der Waals surface area contributed by atoms with Gasteiger partial charge in [-0.3, -0.25) is 4.79 Å². The Hall–Kier alpha value is -1.04. The number of aryl methyl sites for hydroxylation is 1. The molecule has 0 aromatic carbocycles. The number of carbonyl (C=O) groups is 1. The van der Waals surface area contributed by atoms with Gasteiger partial charge in [0, 0.05) is 39.9 Å². The highest BCUT2D eigenvalue weighted by atomic mass is 35.5. The molecule has 0 aliphatic rings. The van der Waals surface area contributed by atoms with Crippen LogP contribution in [-0.4, -0.2) is 41.4 Å². The molecule has 2 N–H and O–H groups in total. The Kier molecular flexibility index (Phi) is 5.19. The second-order valence-electron chi connectivity index (χ2n) is 4.58. The summed E-state index contributed by atoms with van der Waals surface area (Å²) in [5, 5.41) is 13.2. The van der Waals surface area contributed by atoms with Gasteiger partial charge in [0.1, 0.15) is 5.69 Å². The lowest BCUT2D eigenvalue weighted by molar-refractivity contribution is 0.0242. The zero-order valence-corrected chi connectivity index (χ0v) is 11.6. The lowest BCUT2D eigenvalue weighted by Gasteiger charge is -2.23. The molecular weight excluding hydrogens is 256 g/mol. The molecule has 1 rings (SSSR count). The molecule has 102 valence electrons. The minimum atomic E-state index is -0.985. The van der Waals surface area contributed by atoms with Crippen LogP contribution in [0.5, 0.6) is 0 Å². The number of ether oxygens (including phenoxy) is 1. The van der Waals surface area contributed by atoms with E-state index in [4.69, 9.17) is 16.3 Å². The number of rotatable bonds is 6. The van der Waals surface area contributed by atoms with E-state index in [2.05, 4.69) is 5.32 Å². The van der Waals surface area contributed by atoms with E-state index in [1.165, 1.54) is 0 Å². The van der Waals surface area contributed by atoms with E-state index in [9.17, 15) is 9.90 Å². The van der Waals surface area contributed by atoms with Gasteiger partial charge in [-0.05, 0) is 13.0 Å². The zero-order valence-electron chi connectivity index (χ0n) is 10.9. The molecular formula is C12H19ClN2O3. The van der Waals surface area contributed by atoms with Crippen molar-refractivity contribution in [3.63, 3.8) is 0 Å². The first-order valence-electron chi connectivity index (χ1n) is 5.67. The van der Waals surface area contributed by atoms with Crippen molar-refractivity contribution in [1.29, 1.82) is 0 Å². The number of nitrogens with zero attached hydrogens (tertiary/aromatic N) is 1. The van der Waals surface area contributed by atoms with Crippen molar-refractivity contribution in [3.8, 4) is 0 Å². The van der Waals surface area contributed by atoms with Crippen LogP contribution in [0.4, 0.5) is 0 Å². The second kappa shape index (κ2) is 6.22. The van der Waals surface area contributed by atoms with Crippen molar-refractivity contribution < 1.29 is 14.6 Å². The first-order valence-corrected chi connectivity index (χ1v) is 6.05. The standard InChI is InChI=1S/C12H19ClN2O3/c1-12(17,4-5-18-3)8-14-11(16)10-6-9(13)7-15(10)2/h6-7,17H,4-5,8H2,1-3H3,(H,14,16). The van der Waals surface area contributed by atoms with Crippen LogP contribution in [0.15, 0.2) is 12.3 Å². The van der Waals surface area contributed by atoms with Crippen LogP contribution in [0.25, 0.3) is 0 Å². The SMILES string of the molecule is COCCC(C)(O)CNC(=O)c1cc(Cl)cn1C. The number of amides is 1. The quantitative estimate of drug-likeness (QED) is 0.819. The third kappa shape index (κ3) is 4.33. The maximum atomic E-state index is 11.9. The van der Waals surface area contributed by atoms with E-state index in [0.29, 0.717) is 23.7 Å². The Morgan fingerprint density at radius 3 is 2.83 bits per heavy atom. The summed E-state index contributed by atoms with van der Waals surface area (Å²) < 4.78 is 6.54. The Bertz CT molecular complexity index is 415. The number of hydrogen-bond acceptors (Lipinski definition) is 3. The Labute approximate surface area is 112 Å². The minimum Gasteiger partial charge on any atom is -0.388 e. The molecule has 1 heterocycles. The fourth-order valence-corrected chi connectivity index (χ4v) is 1.77. The lowest BCUT2D eigenvalue weighted by atomic mass is 10.0. The number of aromatic nitrogens is 1. The molecule has 0 fully saturated rings. The van der Waals surface area contributed by atoms with Gasteiger partial charge in [0.2, 0.25) is 0 Å². The summed E-state index contributed by atoms with van der Waals surface area (Å²) in [6, 6.07) is 1.58. The molecule has 5 nitrogen and oxygen atoms in total. The molecule has 6 heteroatoms. The van der Waals surface area contributed by atoms with Crippen LogP contribution < -0.4 is 5.32 Å². The van der Waals surface area contributed by atoms with Crippen LogP contribution >= 0.6 is 11.6 Å². The number of halogens is 1. The smallest absolute Gasteiger partial charge is 0.268 e. The van der Waals surface area contributed by atoms with Gasteiger partial charge in [-0.25, -0.2) is 0 Å². The minimum absolute atomic E-state index is 0.165. The van der Waals surface area contributed by atoms with Crippen molar-refractivity contribution in [2.75, 3.05) is 20.3 Å². The van der Waals surface area contributed by atoms with Gasteiger partial charge in [-0.2, -0.15) is 0 Å². The number of hydrogen-bond donors (Lipinski definition) is 2. The van der Waals surface area contributed by atoms with Crippen LogP contribution in [0.2, 0.25) is 5.02 Å². The highest BCUT2D eigenvalue weighted by Crippen LogP contribution is 2.13. The van der Waals surface area contributed by atoms with E-state index in [1.807, 2.05) is 0 Å². The number of carbonyl (C=O) groups excluding carboxylic acids is 1. The molecule has 0 aliphatic carbocycles. The van der Waals surface area contributed by atoms with E-state index in [0.717, 1.165) is 0 Å². The van der Waals surface area contributed by atoms with Crippen LogP contribution in [0.3, 0.4) is 0 Å². The Morgan fingerprint density at radius 2 is 2.33 bits per heavy atom. The average molecular weight is 275 g/mol. The normalized spacial score (nSPS) is 14.3. The first-order chi connectivity index (χ1) is 8.35. The number of aliphatic hydroxyl groups is 1. The topological polar surface area (TPSA) is 63.5 Å². The Morgan fingerprint density at radius 1 is 1.67 bits per heavy atom. The van der Waals surface area contributed by atoms with E-state index < -0.39 is 5.60 Å². The number of nitrogens with one attached hydrogen (secondary N) is 1. The molecule has 1 aromatic rings. The lowest BCUT2D eigenvalue weighted by Crippen LogP contribution is -2.41. The zero-order chi connectivity index (χ0) is 13.8. The summed E-state index contributed by atoms with van der Waals surface area (Å²) in [6.07, 6.45) is 2.11. The molecule has 0 radical (unpaired) electrons. The summed E-state index contributed by atoms with van der Waals surface area (Å²) in [7, 11) is 3.31. The van der Waals surface area contributed by atoms with Gasteiger partial charge in [0.15, 0.2) is 0 Å². The van der Waals surface area contributed by atoms with Crippen molar-refractivity contribution in [3.05, 3.63) is 23.0 Å². The molecule has 0 saturated carbocycles. The van der Waals surface area contributed by atoms with Crippen LogP contribution in [0.1, 0.15) is 23.8 Å². The van der Waals surface area contributed by atoms with E-state index >= 15 is 0 Å². The molecule has 0 saturated heterocycles. The first kappa shape index (κ1) is 15.0. The Balaban J connectivity index is 2.53. The molecule has 1 atom stereocenters. The summed E-state index contributed by atoms with van der Waals surface area (Å²) >= 11 is 5.80. The highest BCUT2D eigenvalue weighted by molar-refractivity contribution is 6.31. The highest BCUT2D eigenvalue weighted by Gasteiger charge is 2.22. The monoisotopic (exact) mass is 274 g/mol. The molecule has 1 unspecified atom stereocenters. The predicted molar refractivity (Wildman–Crippen MR) is 69.9 cm³/mol. The summed E-state index contributed by atoms with van der Waals surface area (Å²) in [4.78, 5) is 11.9. The summed E-state index contributed by atoms with van der Waals surface area (Å²) in [5.41, 5.74) is -0.525. The molecule has 0 bridgehead atoms. The molecule has 1 amide bonds. The third-order valence-corrected chi connectivity index (χ3v) is 2.89. The maximum Gasteiger partial charge on any atom is 0.268 e. The van der Waals surface area contributed by atoms with Crippen molar-refractivity contribution >= 4 is 17.5 Å². The van der Waals surface area contributed by atoms with Crippen molar-refractivity contribution in [2.24, 2.45) is 7.05 Å². The third-order valence-electron chi connectivity index (χ3n) is 2.68. The van der Waals surface area contributed by atoms with Gasteiger partial charge < -0.3 is 19.7 Å². The van der Waals surface area contributed by atoms with Gasteiger partial charge >= 0.3 is 0 Å².